The molecule has 5 heteroatoms. The van der Waals surface area contributed by atoms with Crippen molar-refractivity contribution < 1.29 is 14.7 Å². The third-order valence-electron chi connectivity index (χ3n) is 3.11. The molecule has 0 unspecified atom stereocenters. The molecule has 0 aliphatic heterocycles. The van der Waals surface area contributed by atoms with Gasteiger partial charge in [-0.15, -0.1) is 0 Å². The van der Waals surface area contributed by atoms with Crippen LogP contribution in [-0.4, -0.2) is 21.6 Å². The molecular weight excluding hydrogens is 256 g/mol. The van der Waals surface area contributed by atoms with Crippen molar-refractivity contribution in [2.45, 2.75) is 20.8 Å². The van der Waals surface area contributed by atoms with Crippen molar-refractivity contribution in [2.75, 3.05) is 5.32 Å². The molecule has 5 nitrogen and oxygen atoms in total. The second-order valence-corrected chi connectivity index (χ2v) is 4.65. The Hall–Kier alpha value is -2.56. The van der Waals surface area contributed by atoms with E-state index in [0.717, 1.165) is 11.4 Å². The summed E-state index contributed by atoms with van der Waals surface area (Å²) in [7, 11) is 0. The number of anilines is 1. The molecule has 0 saturated carbocycles. The lowest BCUT2D eigenvalue weighted by Crippen LogP contribution is -2.06. The van der Waals surface area contributed by atoms with E-state index in [1.54, 1.807) is 25.1 Å². The molecule has 1 heterocycles. The fourth-order valence-electron chi connectivity index (χ4n) is 2.27. The molecule has 20 heavy (non-hydrogen) atoms. The van der Waals surface area contributed by atoms with Crippen LogP contribution in [0.25, 0.3) is 5.69 Å². The smallest absolute Gasteiger partial charge is 0.337 e. The molecule has 1 aromatic carbocycles. The molecule has 1 amide bonds. The van der Waals surface area contributed by atoms with Crippen molar-refractivity contribution in [3.05, 3.63) is 47.3 Å². The van der Waals surface area contributed by atoms with Gasteiger partial charge >= 0.3 is 5.97 Å². The quantitative estimate of drug-likeness (QED) is 0.902. The summed E-state index contributed by atoms with van der Waals surface area (Å²) < 4.78 is 1.88. The average Bonchev–Trinajstić information content (AvgIpc) is 2.66. The van der Waals surface area contributed by atoms with Gasteiger partial charge in [0.1, 0.15) is 0 Å². The summed E-state index contributed by atoms with van der Waals surface area (Å²) >= 11 is 0. The van der Waals surface area contributed by atoms with E-state index in [2.05, 4.69) is 5.32 Å². The maximum Gasteiger partial charge on any atom is 0.337 e. The molecule has 2 N–H and O–H groups in total. The van der Waals surface area contributed by atoms with Crippen LogP contribution < -0.4 is 5.32 Å². The topological polar surface area (TPSA) is 71.3 Å². The highest BCUT2D eigenvalue weighted by molar-refractivity contribution is 5.90. The van der Waals surface area contributed by atoms with Crippen LogP contribution in [0.1, 0.15) is 28.7 Å². The predicted octanol–water partition coefficient (Wildman–Crippen LogP) is 2.75. The Balaban J connectivity index is 2.42. The zero-order valence-corrected chi connectivity index (χ0v) is 11.6. The van der Waals surface area contributed by atoms with Crippen LogP contribution in [0.15, 0.2) is 30.3 Å². The molecule has 0 radical (unpaired) electrons. The summed E-state index contributed by atoms with van der Waals surface area (Å²) in [5.74, 6) is -1.06. The number of hydrogen-bond donors (Lipinski definition) is 2. The van der Waals surface area contributed by atoms with Gasteiger partial charge in [0.2, 0.25) is 5.91 Å². The van der Waals surface area contributed by atoms with Gasteiger partial charge in [-0.05, 0) is 44.2 Å². The van der Waals surface area contributed by atoms with Crippen molar-refractivity contribution in [2.24, 2.45) is 0 Å². The maximum absolute atomic E-state index is 11.1. The fourth-order valence-corrected chi connectivity index (χ4v) is 2.27. The summed E-state index contributed by atoms with van der Waals surface area (Å²) in [6, 6.07) is 8.92. The van der Waals surface area contributed by atoms with Crippen LogP contribution in [0, 0.1) is 13.8 Å². The number of aryl methyl sites for hydroxylation is 1. The molecule has 1 aromatic heterocycles. The van der Waals surface area contributed by atoms with Crippen molar-refractivity contribution in [3.63, 3.8) is 0 Å². The summed E-state index contributed by atoms with van der Waals surface area (Å²) in [6.07, 6.45) is 0. The van der Waals surface area contributed by atoms with Gasteiger partial charge in [-0.25, -0.2) is 4.79 Å². The second-order valence-electron chi connectivity index (χ2n) is 4.65. The molecule has 0 fully saturated rings. The minimum atomic E-state index is -0.931. The Morgan fingerprint density at radius 1 is 1.15 bits per heavy atom. The van der Waals surface area contributed by atoms with E-state index < -0.39 is 5.97 Å². The summed E-state index contributed by atoms with van der Waals surface area (Å²) in [5, 5.41) is 11.8. The van der Waals surface area contributed by atoms with Crippen molar-refractivity contribution in [1.29, 1.82) is 0 Å². The van der Waals surface area contributed by atoms with E-state index in [4.69, 9.17) is 5.11 Å². The zero-order chi connectivity index (χ0) is 14.9. The Bertz CT molecular complexity index is 669. The van der Waals surface area contributed by atoms with Crippen LogP contribution in [0.3, 0.4) is 0 Å². The number of rotatable bonds is 3. The number of aromatic nitrogens is 1. The zero-order valence-electron chi connectivity index (χ0n) is 11.6. The second kappa shape index (κ2) is 5.21. The van der Waals surface area contributed by atoms with Gasteiger partial charge in [0.25, 0.3) is 0 Å². The number of carboxylic acids is 1. The molecule has 0 saturated heterocycles. The molecular formula is C15H16N2O3. The third kappa shape index (κ3) is 2.56. The number of carboxylic acid groups (broad SMARTS) is 1. The number of benzene rings is 1. The summed E-state index contributed by atoms with van der Waals surface area (Å²) in [6.45, 7) is 5.09. The van der Waals surface area contributed by atoms with Gasteiger partial charge in [0.05, 0.1) is 5.56 Å². The minimum Gasteiger partial charge on any atom is -0.478 e. The first-order valence-electron chi connectivity index (χ1n) is 6.20. The van der Waals surface area contributed by atoms with Gasteiger partial charge in [-0.3, -0.25) is 4.79 Å². The Labute approximate surface area is 116 Å². The standard InChI is InChI=1S/C15H16N2O3/c1-9-8-14(15(19)20)10(2)17(9)13-6-4-12(5-7-13)16-11(3)18/h4-8H,1-3H3,(H,16,18)(H,19,20). The van der Waals surface area contributed by atoms with Crippen molar-refractivity contribution in [1.82, 2.24) is 4.57 Å². The predicted molar refractivity (Wildman–Crippen MR) is 76.5 cm³/mol. The number of nitrogens with zero attached hydrogens (tertiary/aromatic N) is 1. The summed E-state index contributed by atoms with van der Waals surface area (Å²) in [4.78, 5) is 22.1. The Morgan fingerprint density at radius 2 is 1.75 bits per heavy atom. The molecule has 0 aliphatic rings. The minimum absolute atomic E-state index is 0.126. The lowest BCUT2D eigenvalue weighted by molar-refractivity contribution is -0.114. The van der Waals surface area contributed by atoms with Gasteiger partial charge in [0, 0.05) is 29.7 Å². The van der Waals surface area contributed by atoms with Crippen LogP contribution in [0.2, 0.25) is 0 Å². The van der Waals surface area contributed by atoms with E-state index in [9.17, 15) is 9.59 Å². The lowest BCUT2D eigenvalue weighted by atomic mass is 10.2. The molecule has 0 atom stereocenters. The molecule has 2 aromatic rings. The van der Waals surface area contributed by atoms with E-state index in [1.807, 2.05) is 23.6 Å². The average molecular weight is 272 g/mol. The van der Waals surface area contributed by atoms with Crippen LogP contribution in [0.4, 0.5) is 5.69 Å². The number of carbonyl (C=O) groups excluding carboxylic acids is 1. The van der Waals surface area contributed by atoms with E-state index in [-0.39, 0.29) is 5.91 Å². The van der Waals surface area contributed by atoms with Crippen molar-refractivity contribution >= 4 is 17.6 Å². The lowest BCUT2D eigenvalue weighted by Gasteiger charge is -2.10. The first-order valence-corrected chi connectivity index (χ1v) is 6.20. The van der Waals surface area contributed by atoms with Crippen LogP contribution in [0.5, 0.6) is 0 Å². The van der Waals surface area contributed by atoms with E-state index >= 15 is 0 Å². The number of nitrogens with one attached hydrogen (secondary N) is 1. The first-order chi connectivity index (χ1) is 9.40. The molecule has 0 aliphatic carbocycles. The first kappa shape index (κ1) is 13.9. The molecule has 0 bridgehead atoms. The van der Waals surface area contributed by atoms with Crippen molar-refractivity contribution in [3.8, 4) is 5.69 Å². The highest BCUT2D eigenvalue weighted by Gasteiger charge is 2.15. The van der Waals surface area contributed by atoms with Gasteiger partial charge in [-0.2, -0.15) is 0 Å². The number of amides is 1. The van der Waals surface area contributed by atoms with Gasteiger partial charge in [0.15, 0.2) is 0 Å². The monoisotopic (exact) mass is 272 g/mol. The normalized spacial score (nSPS) is 10.3. The number of carbonyl (C=O) groups is 2. The Morgan fingerprint density at radius 3 is 2.20 bits per heavy atom. The van der Waals surface area contributed by atoms with Crippen LogP contribution >= 0.6 is 0 Å². The van der Waals surface area contributed by atoms with Crippen LogP contribution in [-0.2, 0) is 4.79 Å². The largest absolute Gasteiger partial charge is 0.478 e. The molecule has 104 valence electrons. The van der Waals surface area contributed by atoms with E-state index in [1.165, 1.54) is 6.92 Å². The van der Waals surface area contributed by atoms with Gasteiger partial charge < -0.3 is 15.0 Å². The highest BCUT2D eigenvalue weighted by Crippen LogP contribution is 2.22. The Kier molecular flexibility index (Phi) is 3.61. The SMILES string of the molecule is CC(=O)Nc1ccc(-n2c(C)cc(C(=O)O)c2C)cc1. The van der Waals surface area contributed by atoms with E-state index in [0.29, 0.717) is 16.9 Å². The number of aromatic carboxylic acids is 1. The molecule has 0 spiro atoms. The highest BCUT2D eigenvalue weighted by atomic mass is 16.4. The maximum atomic E-state index is 11.1. The van der Waals surface area contributed by atoms with Gasteiger partial charge in [-0.1, -0.05) is 0 Å². The third-order valence-corrected chi connectivity index (χ3v) is 3.11. The summed E-state index contributed by atoms with van der Waals surface area (Å²) in [5.41, 5.74) is 3.41. The number of hydrogen-bond acceptors (Lipinski definition) is 2. The molecule has 2 rings (SSSR count). The fraction of sp³-hybridized carbons (Fsp3) is 0.200.